The number of anilines is 2. The third-order valence-corrected chi connectivity index (χ3v) is 4.83. The molecular formula is C20H18ClN5O2. The van der Waals surface area contributed by atoms with Crippen molar-refractivity contribution in [3.05, 3.63) is 76.7 Å². The minimum absolute atomic E-state index is 0.246. The van der Waals surface area contributed by atoms with Crippen molar-refractivity contribution in [1.82, 2.24) is 14.8 Å². The fourth-order valence-corrected chi connectivity index (χ4v) is 3.42. The number of rotatable bonds is 4. The summed E-state index contributed by atoms with van der Waals surface area (Å²) in [6.45, 7) is 1.84. The molecule has 0 fully saturated rings. The van der Waals surface area contributed by atoms with Crippen LogP contribution in [-0.2, 0) is 4.79 Å². The molecule has 1 amide bonds. The van der Waals surface area contributed by atoms with Crippen LogP contribution in [0.5, 0.6) is 5.75 Å². The Morgan fingerprint density at radius 1 is 1.21 bits per heavy atom. The van der Waals surface area contributed by atoms with Crippen LogP contribution in [-0.4, -0.2) is 27.8 Å². The summed E-state index contributed by atoms with van der Waals surface area (Å²) in [4.78, 5) is 17.5. The lowest BCUT2D eigenvalue weighted by Gasteiger charge is -2.29. The molecule has 0 radical (unpaired) electrons. The first-order valence-electron chi connectivity index (χ1n) is 8.65. The number of aromatic nitrogens is 3. The monoisotopic (exact) mass is 395 g/mol. The number of halogens is 1. The maximum Gasteiger partial charge on any atom is 0.255 e. The van der Waals surface area contributed by atoms with E-state index in [-0.39, 0.29) is 5.91 Å². The number of allylic oxidation sites excluding steroid dienone is 1. The van der Waals surface area contributed by atoms with Crippen LogP contribution in [0.2, 0.25) is 5.02 Å². The smallest absolute Gasteiger partial charge is 0.255 e. The van der Waals surface area contributed by atoms with Crippen molar-refractivity contribution in [2.45, 2.75) is 13.0 Å². The normalized spacial score (nSPS) is 15.6. The van der Waals surface area contributed by atoms with E-state index in [1.807, 2.05) is 31.2 Å². The highest BCUT2D eigenvalue weighted by Crippen LogP contribution is 2.38. The van der Waals surface area contributed by atoms with Crippen LogP contribution in [0.3, 0.4) is 0 Å². The van der Waals surface area contributed by atoms with Gasteiger partial charge in [0.15, 0.2) is 0 Å². The van der Waals surface area contributed by atoms with Gasteiger partial charge in [-0.1, -0.05) is 29.8 Å². The SMILES string of the molecule is COc1ccccc1[C@@H]1C(C(=O)Nc2ccc(Cl)cc2)=C(C)Nc2ncnn21. The highest BCUT2D eigenvalue weighted by Gasteiger charge is 2.35. The molecule has 4 rings (SSSR count). The first kappa shape index (κ1) is 18.1. The van der Waals surface area contributed by atoms with Crippen LogP contribution in [0.1, 0.15) is 18.5 Å². The quantitative estimate of drug-likeness (QED) is 0.700. The molecule has 8 heteroatoms. The maximum absolute atomic E-state index is 13.2. The Bertz CT molecular complexity index is 1060. The van der Waals surface area contributed by atoms with Gasteiger partial charge in [0.05, 0.1) is 12.7 Å². The van der Waals surface area contributed by atoms with Crippen molar-refractivity contribution in [3.63, 3.8) is 0 Å². The van der Waals surface area contributed by atoms with E-state index in [1.54, 1.807) is 36.1 Å². The summed E-state index contributed by atoms with van der Waals surface area (Å²) in [6, 6.07) is 14.0. The van der Waals surface area contributed by atoms with Gasteiger partial charge in [-0.15, -0.1) is 0 Å². The average molecular weight is 396 g/mol. The van der Waals surface area contributed by atoms with E-state index in [1.165, 1.54) is 6.33 Å². The Morgan fingerprint density at radius 2 is 1.96 bits per heavy atom. The van der Waals surface area contributed by atoms with E-state index >= 15 is 0 Å². The molecule has 7 nitrogen and oxygen atoms in total. The molecule has 0 unspecified atom stereocenters. The standard InChI is InChI=1S/C20H18ClN5O2/c1-12-17(19(27)25-14-9-7-13(21)8-10-14)18(26-20(24-12)22-11-23-26)15-5-3-4-6-16(15)28-2/h3-11,18H,1-2H3,(H,25,27)(H,22,23,24)/t18-/m1/s1. The van der Waals surface area contributed by atoms with E-state index in [0.717, 1.165) is 5.56 Å². The van der Waals surface area contributed by atoms with Gasteiger partial charge in [-0.2, -0.15) is 10.1 Å². The Kier molecular flexibility index (Phi) is 4.75. The molecule has 142 valence electrons. The Hall–Kier alpha value is -3.32. The van der Waals surface area contributed by atoms with Crippen LogP contribution < -0.4 is 15.4 Å². The molecule has 0 bridgehead atoms. The van der Waals surface area contributed by atoms with Crippen LogP contribution in [0, 0.1) is 0 Å². The van der Waals surface area contributed by atoms with Gasteiger partial charge in [0, 0.05) is 22.0 Å². The van der Waals surface area contributed by atoms with Crippen molar-refractivity contribution in [3.8, 4) is 5.75 Å². The summed E-state index contributed by atoms with van der Waals surface area (Å²) in [5.41, 5.74) is 2.69. The van der Waals surface area contributed by atoms with Gasteiger partial charge in [-0.05, 0) is 37.3 Å². The molecule has 0 saturated heterocycles. The molecule has 0 spiro atoms. The molecule has 28 heavy (non-hydrogen) atoms. The Balaban J connectivity index is 1.78. The molecule has 3 aromatic rings. The number of carbonyl (C=O) groups excluding carboxylic acids is 1. The minimum atomic E-state index is -0.484. The number of ether oxygens (including phenoxy) is 1. The number of hydrogen-bond donors (Lipinski definition) is 2. The number of benzene rings is 2. The van der Waals surface area contributed by atoms with Gasteiger partial charge >= 0.3 is 0 Å². The lowest BCUT2D eigenvalue weighted by atomic mass is 9.94. The van der Waals surface area contributed by atoms with Crippen LogP contribution in [0.25, 0.3) is 0 Å². The summed E-state index contributed by atoms with van der Waals surface area (Å²) in [5.74, 6) is 0.987. The maximum atomic E-state index is 13.2. The zero-order valence-electron chi connectivity index (χ0n) is 15.3. The summed E-state index contributed by atoms with van der Waals surface area (Å²) >= 11 is 5.94. The Labute approximate surface area is 167 Å². The van der Waals surface area contributed by atoms with Crippen molar-refractivity contribution in [2.24, 2.45) is 0 Å². The summed E-state index contributed by atoms with van der Waals surface area (Å²) in [7, 11) is 1.60. The number of hydrogen-bond acceptors (Lipinski definition) is 5. The van der Waals surface area contributed by atoms with E-state index in [4.69, 9.17) is 16.3 Å². The summed E-state index contributed by atoms with van der Waals surface area (Å²) in [6.07, 6.45) is 1.46. The van der Waals surface area contributed by atoms with Crippen LogP contribution in [0.15, 0.2) is 66.1 Å². The summed E-state index contributed by atoms with van der Waals surface area (Å²) in [5, 5.41) is 11.0. The largest absolute Gasteiger partial charge is 0.496 e. The van der Waals surface area contributed by atoms with Gasteiger partial charge in [-0.3, -0.25) is 4.79 Å². The zero-order valence-corrected chi connectivity index (χ0v) is 16.1. The second-order valence-electron chi connectivity index (χ2n) is 6.30. The van der Waals surface area contributed by atoms with Crippen LogP contribution in [0.4, 0.5) is 11.6 Å². The zero-order chi connectivity index (χ0) is 19.7. The Morgan fingerprint density at radius 3 is 2.71 bits per heavy atom. The van der Waals surface area contributed by atoms with Crippen molar-refractivity contribution in [1.29, 1.82) is 0 Å². The highest BCUT2D eigenvalue weighted by atomic mass is 35.5. The summed E-state index contributed by atoms with van der Waals surface area (Å²) < 4.78 is 7.22. The topological polar surface area (TPSA) is 81.1 Å². The fraction of sp³-hybridized carbons (Fsp3) is 0.150. The molecule has 1 atom stereocenters. The molecule has 0 aliphatic carbocycles. The fourth-order valence-electron chi connectivity index (χ4n) is 3.30. The third-order valence-electron chi connectivity index (χ3n) is 4.57. The predicted octanol–water partition coefficient (Wildman–Crippen LogP) is 3.87. The molecule has 1 aliphatic rings. The minimum Gasteiger partial charge on any atom is -0.496 e. The number of methoxy groups -OCH3 is 1. The number of carbonyl (C=O) groups is 1. The molecular weight excluding hydrogens is 378 g/mol. The third kappa shape index (κ3) is 3.20. The number of fused-ring (bicyclic) bond motifs is 1. The van der Waals surface area contributed by atoms with E-state index in [2.05, 4.69) is 20.7 Å². The molecule has 1 aliphatic heterocycles. The van der Waals surface area contributed by atoms with Gasteiger partial charge in [-0.25, -0.2) is 4.68 Å². The first-order chi connectivity index (χ1) is 13.6. The lowest BCUT2D eigenvalue weighted by molar-refractivity contribution is -0.113. The molecule has 2 N–H and O–H groups in total. The van der Waals surface area contributed by atoms with Crippen molar-refractivity contribution >= 4 is 29.1 Å². The molecule has 2 heterocycles. The van der Waals surface area contributed by atoms with E-state index in [9.17, 15) is 4.79 Å². The second-order valence-corrected chi connectivity index (χ2v) is 6.73. The van der Waals surface area contributed by atoms with Crippen molar-refractivity contribution in [2.75, 3.05) is 17.7 Å². The van der Waals surface area contributed by atoms with Gasteiger partial charge < -0.3 is 15.4 Å². The van der Waals surface area contributed by atoms with Crippen LogP contribution >= 0.6 is 11.6 Å². The first-order valence-corrected chi connectivity index (χ1v) is 9.03. The molecule has 0 saturated carbocycles. The number of amides is 1. The highest BCUT2D eigenvalue weighted by molar-refractivity contribution is 6.30. The van der Waals surface area contributed by atoms with Crippen molar-refractivity contribution < 1.29 is 9.53 Å². The molecule has 1 aromatic heterocycles. The second kappa shape index (κ2) is 7.36. The average Bonchev–Trinajstić information content (AvgIpc) is 3.16. The van der Waals surface area contributed by atoms with Gasteiger partial charge in [0.2, 0.25) is 5.95 Å². The number of para-hydroxylation sites is 1. The van der Waals surface area contributed by atoms with Gasteiger partial charge in [0.25, 0.3) is 5.91 Å². The number of nitrogens with zero attached hydrogens (tertiary/aromatic N) is 3. The predicted molar refractivity (Wildman–Crippen MR) is 108 cm³/mol. The number of nitrogens with one attached hydrogen (secondary N) is 2. The van der Waals surface area contributed by atoms with E-state index in [0.29, 0.717) is 33.7 Å². The van der Waals surface area contributed by atoms with E-state index < -0.39 is 6.04 Å². The molecule has 2 aromatic carbocycles. The lowest BCUT2D eigenvalue weighted by Crippen LogP contribution is -2.31. The van der Waals surface area contributed by atoms with Gasteiger partial charge in [0.1, 0.15) is 18.1 Å².